The fourth-order valence-corrected chi connectivity index (χ4v) is 5.27. The minimum absolute atomic E-state index is 0.00857. The molecule has 1 saturated heterocycles. The molecular weight excluding hydrogens is 337 g/mol. The first-order chi connectivity index (χ1) is 9.69. The first-order valence-electron chi connectivity index (χ1n) is 6.28. The molecule has 116 valence electrons. The van der Waals surface area contributed by atoms with Gasteiger partial charge in [0.1, 0.15) is 5.82 Å². The first-order valence-corrected chi connectivity index (χ1v) is 9.47. The number of nitrogens with one attached hydrogen (secondary N) is 1. The van der Waals surface area contributed by atoms with E-state index in [0.29, 0.717) is 11.3 Å². The summed E-state index contributed by atoms with van der Waals surface area (Å²) in [6.45, 7) is 1.73. The molecule has 0 saturated carbocycles. The zero-order valence-corrected chi connectivity index (χ0v) is 13.7. The van der Waals surface area contributed by atoms with Gasteiger partial charge in [0.15, 0.2) is 9.84 Å². The number of carbonyl (C=O) groups excluding carboxylic acids is 1. The Kier molecular flexibility index (Phi) is 4.85. The summed E-state index contributed by atoms with van der Waals surface area (Å²) in [4.78, 5) is 12.6. The van der Waals surface area contributed by atoms with Gasteiger partial charge < -0.3 is 5.32 Å². The van der Waals surface area contributed by atoms with Gasteiger partial charge in [-0.2, -0.15) is 0 Å². The van der Waals surface area contributed by atoms with Crippen molar-refractivity contribution in [2.24, 2.45) is 0 Å². The second-order valence-electron chi connectivity index (χ2n) is 5.32. The highest BCUT2D eigenvalue weighted by molar-refractivity contribution is 8.00. The Morgan fingerprint density at radius 2 is 2.24 bits per heavy atom. The largest absolute Gasteiger partial charge is 0.349 e. The van der Waals surface area contributed by atoms with Gasteiger partial charge in [0.25, 0.3) is 0 Å². The van der Waals surface area contributed by atoms with Crippen LogP contribution in [-0.2, 0) is 14.6 Å². The molecule has 8 heteroatoms. The highest BCUT2D eigenvalue weighted by Gasteiger charge is 2.39. The number of rotatable bonds is 4. The normalized spacial score (nSPS) is 24.0. The van der Waals surface area contributed by atoms with E-state index in [4.69, 9.17) is 11.6 Å². The van der Waals surface area contributed by atoms with Crippen molar-refractivity contribution in [3.8, 4) is 0 Å². The van der Waals surface area contributed by atoms with E-state index >= 15 is 0 Å². The number of halogens is 2. The third kappa shape index (κ3) is 4.59. The second kappa shape index (κ2) is 6.14. The van der Waals surface area contributed by atoms with Crippen LogP contribution in [-0.4, -0.2) is 37.1 Å². The van der Waals surface area contributed by atoms with Gasteiger partial charge in [0.2, 0.25) is 5.91 Å². The molecule has 1 aliphatic heterocycles. The first kappa shape index (κ1) is 16.6. The Hall–Kier alpha value is -0.790. The number of benzene rings is 1. The van der Waals surface area contributed by atoms with E-state index in [9.17, 15) is 17.6 Å². The van der Waals surface area contributed by atoms with Crippen molar-refractivity contribution in [3.05, 3.63) is 29.0 Å². The van der Waals surface area contributed by atoms with E-state index in [0.717, 1.165) is 0 Å². The van der Waals surface area contributed by atoms with Gasteiger partial charge in [-0.25, -0.2) is 12.8 Å². The van der Waals surface area contributed by atoms with E-state index in [1.54, 1.807) is 13.0 Å². The number of hydrogen-bond donors (Lipinski definition) is 1. The molecule has 0 bridgehead atoms. The molecule has 1 heterocycles. The summed E-state index contributed by atoms with van der Waals surface area (Å²) in [7, 11) is -3.06. The third-order valence-electron chi connectivity index (χ3n) is 3.21. The highest BCUT2D eigenvalue weighted by Crippen LogP contribution is 2.25. The van der Waals surface area contributed by atoms with Crippen LogP contribution in [0.2, 0.25) is 5.02 Å². The maximum Gasteiger partial charge on any atom is 0.230 e. The van der Waals surface area contributed by atoms with Crippen molar-refractivity contribution in [2.75, 3.05) is 17.3 Å². The lowest BCUT2D eigenvalue weighted by molar-refractivity contribution is -0.120. The van der Waals surface area contributed by atoms with Crippen molar-refractivity contribution < 1.29 is 17.6 Å². The predicted octanol–water partition coefficient (Wildman–Crippen LogP) is 2.26. The van der Waals surface area contributed by atoms with Crippen LogP contribution >= 0.6 is 23.4 Å². The molecule has 1 aromatic carbocycles. The monoisotopic (exact) mass is 351 g/mol. The lowest BCUT2D eigenvalue weighted by Crippen LogP contribution is -2.47. The second-order valence-corrected chi connectivity index (χ2v) is 8.96. The fourth-order valence-electron chi connectivity index (χ4n) is 2.20. The lowest BCUT2D eigenvalue weighted by atomic mass is 10.0. The van der Waals surface area contributed by atoms with Crippen LogP contribution in [0.3, 0.4) is 0 Å². The molecule has 0 radical (unpaired) electrons. The molecule has 0 spiro atoms. The standard InChI is InChI=1S/C13H15ClFNO3S2/c1-13(4-5-21(18,19)8-13)16-12(17)7-20-9-2-3-11(15)10(14)6-9/h2-3,6H,4-5,7-8H2,1H3,(H,16,17). The van der Waals surface area contributed by atoms with E-state index < -0.39 is 21.2 Å². The van der Waals surface area contributed by atoms with Gasteiger partial charge in [0, 0.05) is 4.90 Å². The van der Waals surface area contributed by atoms with Crippen LogP contribution in [0.4, 0.5) is 4.39 Å². The number of thioether (sulfide) groups is 1. The highest BCUT2D eigenvalue weighted by atomic mass is 35.5. The van der Waals surface area contributed by atoms with Crippen LogP contribution in [0, 0.1) is 5.82 Å². The van der Waals surface area contributed by atoms with Crippen molar-refractivity contribution in [3.63, 3.8) is 0 Å². The van der Waals surface area contributed by atoms with Gasteiger partial charge in [-0.15, -0.1) is 11.8 Å². The number of hydrogen-bond acceptors (Lipinski definition) is 4. The Balaban J connectivity index is 1.89. The Morgan fingerprint density at radius 1 is 1.52 bits per heavy atom. The minimum Gasteiger partial charge on any atom is -0.349 e. The summed E-state index contributed by atoms with van der Waals surface area (Å²) >= 11 is 6.89. The molecule has 21 heavy (non-hydrogen) atoms. The molecule has 1 fully saturated rings. The number of carbonyl (C=O) groups is 1. The van der Waals surface area contributed by atoms with Gasteiger partial charge in [0.05, 0.1) is 27.8 Å². The van der Waals surface area contributed by atoms with Crippen molar-refractivity contribution in [1.82, 2.24) is 5.32 Å². The maximum absolute atomic E-state index is 13.0. The molecule has 1 unspecified atom stereocenters. The molecule has 1 atom stereocenters. The minimum atomic E-state index is -3.06. The molecule has 1 aliphatic rings. The van der Waals surface area contributed by atoms with Crippen LogP contribution in [0.25, 0.3) is 0 Å². The summed E-state index contributed by atoms with van der Waals surface area (Å²) in [5, 5.41) is 2.77. The molecule has 0 aromatic heterocycles. The van der Waals surface area contributed by atoms with E-state index in [-0.39, 0.29) is 28.2 Å². The van der Waals surface area contributed by atoms with Crippen molar-refractivity contribution >= 4 is 39.1 Å². The third-order valence-corrected chi connectivity index (χ3v) is 6.39. The summed E-state index contributed by atoms with van der Waals surface area (Å²) < 4.78 is 36.0. The van der Waals surface area contributed by atoms with Crippen LogP contribution < -0.4 is 5.32 Å². The summed E-state index contributed by atoms with van der Waals surface area (Å²) in [6.07, 6.45) is 0.425. The topological polar surface area (TPSA) is 63.2 Å². The van der Waals surface area contributed by atoms with E-state index in [2.05, 4.69) is 5.32 Å². The van der Waals surface area contributed by atoms with Gasteiger partial charge >= 0.3 is 0 Å². The fraction of sp³-hybridized carbons (Fsp3) is 0.462. The molecular formula is C13H15ClFNO3S2. The molecule has 0 aliphatic carbocycles. The number of sulfone groups is 1. The average Bonchev–Trinajstić information content (AvgIpc) is 2.65. The summed E-state index contributed by atoms with van der Waals surface area (Å²) in [5.41, 5.74) is -0.698. The molecule has 2 rings (SSSR count). The lowest BCUT2D eigenvalue weighted by Gasteiger charge is -2.23. The van der Waals surface area contributed by atoms with Gasteiger partial charge in [-0.05, 0) is 31.5 Å². The van der Waals surface area contributed by atoms with E-state index in [1.165, 1.54) is 23.9 Å². The van der Waals surface area contributed by atoms with Crippen molar-refractivity contribution in [2.45, 2.75) is 23.8 Å². The van der Waals surface area contributed by atoms with Crippen LogP contribution in [0.1, 0.15) is 13.3 Å². The zero-order chi connectivity index (χ0) is 15.7. The van der Waals surface area contributed by atoms with Gasteiger partial charge in [-0.3, -0.25) is 4.79 Å². The molecule has 1 amide bonds. The predicted molar refractivity (Wildman–Crippen MR) is 82.0 cm³/mol. The van der Waals surface area contributed by atoms with E-state index in [1.807, 2.05) is 0 Å². The van der Waals surface area contributed by atoms with Gasteiger partial charge in [-0.1, -0.05) is 11.6 Å². The summed E-state index contributed by atoms with van der Waals surface area (Å²) in [6, 6.07) is 4.24. The smallest absolute Gasteiger partial charge is 0.230 e. The Morgan fingerprint density at radius 3 is 2.81 bits per heavy atom. The molecule has 1 N–H and O–H groups in total. The van der Waals surface area contributed by atoms with Crippen molar-refractivity contribution in [1.29, 1.82) is 0 Å². The Labute approximate surface area is 132 Å². The van der Waals surface area contributed by atoms with Crippen LogP contribution in [0.15, 0.2) is 23.1 Å². The molecule has 1 aromatic rings. The average molecular weight is 352 g/mol. The maximum atomic E-state index is 13.0. The zero-order valence-electron chi connectivity index (χ0n) is 11.4. The SMILES string of the molecule is CC1(NC(=O)CSc2ccc(F)c(Cl)c2)CCS(=O)(=O)C1. The molecule has 4 nitrogen and oxygen atoms in total. The quantitative estimate of drug-likeness (QED) is 0.845. The van der Waals surface area contributed by atoms with Crippen LogP contribution in [0.5, 0.6) is 0 Å². The Bertz CT molecular complexity index is 665. The summed E-state index contributed by atoms with van der Waals surface area (Å²) in [5.74, 6) is -0.560. The number of amides is 1.